The minimum absolute atomic E-state index is 0.0664. The predicted molar refractivity (Wildman–Crippen MR) is 173 cm³/mol. The van der Waals surface area contributed by atoms with Crippen LogP contribution in [0.25, 0.3) is 16.8 Å². The number of hydrogen-bond acceptors (Lipinski definition) is 8. The number of fused-ring (bicyclic) bond motifs is 1. The number of thiazole rings is 1. The van der Waals surface area contributed by atoms with Crippen LogP contribution < -0.4 is 9.80 Å². The maximum absolute atomic E-state index is 13.6. The fourth-order valence-corrected chi connectivity index (χ4v) is 7.95. The minimum atomic E-state index is -0.380. The van der Waals surface area contributed by atoms with Crippen molar-refractivity contribution in [2.45, 2.75) is 45.6 Å². The van der Waals surface area contributed by atoms with Gasteiger partial charge in [-0.3, -0.25) is 0 Å². The second kappa shape index (κ2) is 11.3. The highest BCUT2D eigenvalue weighted by Gasteiger charge is 2.44. The van der Waals surface area contributed by atoms with Crippen molar-refractivity contribution in [3.05, 3.63) is 58.5 Å². The molecule has 0 aliphatic carbocycles. The van der Waals surface area contributed by atoms with Gasteiger partial charge in [-0.1, -0.05) is 18.3 Å². The number of benzene rings is 1. The van der Waals surface area contributed by atoms with E-state index in [4.69, 9.17) is 10.1 Å². The maximum atomic E-state index is 13.6. The first-order valence-corrected chi connectivity index (χ1v) is 16.4. The number of piperidine rings is 1. The Bertz CT molecular complexity index is 1800. The monoisotopic (exact) mass is 628 g/mol. The summed E-state index contributed by atoms with van der Waals surface area (Å²) in [5.41, 5.74) is 6.47. The zero-order valence-corrected chi connectivity index (χ0v) is 26.6. The molecular weight excluding hydrogens is 591 g/mol. The van der Waals surface area contributed by atoms with Gasteiger partial charge < -0.3 is 24.7 Å². The van der Waals surface area contributed by atoms with E-state index in [2.05, 4.69) is 36.9 Å². The number of pyridine rings is 1. The number of nitriles is 1. The first-order chi connectivity index (χ1) is 21.7. The summed E-state index contributed by atoms with van der Waals surface area (Å²) in [7, 11) is 1.96. The lowest BCUT2D eigenvalue weighted by Crippen LogP contribution is -2.57. The third kappa shape index (κ3) is 5.17. The largest absolute Gasteiger partial charge is 0.389 e. The van der Waals surface area contributed by atoms with E-state index in [0.717, 1.165) is 80.1 Å². The molecule has 3 aliphatic rings. The van der Waals surface area contributed by atoms with Crippen LogP contribution in [0.5, 0.6) is 0 Å². The Morgan fingerprint density at radius 2 is 1.87 bits per heavy atom. The molecular formula is C33H37FN8O2S. The van der Waals surface area contributed by atoms with Crippen molar-refractivity contribution in [1.29, 1.82) is 5.26 Å². The summed E-state index contributed by atoms with van der Waals surface area (Å²) in [6, 6.07) is 12.8. The molecule has 1 aromatic carbocycles. The molecule has 10 nitrogen and oxygen atoms in total. The number of rotatable bonds is 5. The maximum Gasteiger partial charge on any atom is 0.320 e. The lowest BCUT2D eigenvalue weighted by molar-refractivity contribution is 0.0158. The number of aliphatic hydroxyl groups excluding tert-OH is 1. The van der Waals surface area contributed by atoms with Gasteiger partial charge in [-0.15, -0.1) is 0 Å². The molecule has 0 radical (unpaired) electrons. The number of β-amino-alcohol motifs (C(OH)–C–C–N with tert-alkyl or cyclic N) is 1. The van der Waals surface area contributed by atoms with E-state index in [9.17, 15) is 19.6 Å². The molecule has 0 unspecified atom stereocenters. The second-order valence-electron chi connectivity index (χ2n) is 12.7. The quantitative estimate of drug-likeness (QED) is 0.324. The van der Waals surface area contributed by atoms with Crippen molar-refractivity contribution in [2.75, 3.05) is 56.1 Å². The zero-order valence-electron chi connectivity index (χ0n) is 25.8. The molecule has 3 saturated heterocycles. The molecule has 6 heterocycles. The molecule has 0 bridgehead atoms. The van der Waals surface area contributed by atoms with Crippen molar-refractivity contribution >= 4 is 39.4 Å². The minimum Gasteiger partial charge on any atom is -0.389 e. The highest BCUT2D eigenvalue weighted by Crippen LogP contribution is 2.43. The molecule has 7 rings (SSSR count). The number of hydrogen-bond donors (Lipinski definition) is 1. The number of nitrogens with zero attached hydrogens (tertiary/aromatic N) is 8. The average Bonchev–Trinajstić information content (AvgIpc) is 3.75. The summed E-state index contributed by atoms with van der Waals surface area (Å²) >= 11 is 1.32. The summed E-state index contributed by atoms with van der Waals surface area (Å²) in [5.74, 6) is -0.331. The zero-order chi connectivity index (χ0) is 31.5. The molecule has 1 spiro atoms. The third-order valence-corrected chi connectivity index (χ3v) is 10.8. The summed E-state index contributed by atoms with van der Waals surface area (Å²) in [6.07, 6.45) is 3.43. The topological polar surface area (TPSA) is 104 Å². The van der Waals surface area contributed by atoms with E-state index in [1.165, 1.54) is 23.5 Å². The summed E-state index contributed by atoms with van der Waals surface area (Å²) in [4.78, 5) is 26.4. The van der Waals surface area contributed by atoms with Gasteiger partial charge in [0.25, 0.3) is 0 Å². The Kier molecular flexibility index (Phi) is 7.41. The number of amides is 2. The molecule has 0 saturated carbocycles. The fraction of sp³-hybridized carbons (Fsp3) is 0.455. The van der Waals surface area contributed by atoms with Crippen LogP contribution in [0.2, 0.25) is 0 Å². The van der Waals surface area contributed by atoms with Crippen molar-refractivity contribution in [3.8, 4) is 17.3 Å². The Morgan fingerprint density at radius 1 is 1.16 bits per heavy atom. The molecule has 0 atom stereocenters. The van der Waals surface area contributed by atoms with Gasteiger partial charge in [-0.2, -0.15) is 10.4 Å². The Balaban J connectivity index is 1.14. The van der Waals surface area contributed by atoms with E-state index < -0.39 is 0 Å². The molecule has 12 heteroatoms. The molecule has 3 fully saturated rings. The predicted octanol–water partition coefficient (Wildman–Crippen LogP) is 5.20. The lowest BCUT2D eigenvalue weighted by Gasteiger charge is -2.41. The van der Waals surface area contributed by atoms with Gasteiger partial charge in [0.1, 0.15) is 22.5 Å². The van der Waals surface area contributed by atoms with E-state index in [0.29, 0.717) is 34.4 Å². The number of likely N-dealkylation sites (tertiary alicyclic amines) is 2. The van der Waals surface area contributed by atoms with Gasteiger partial charge in [-0.25, -0.2) is 18.7 Å². The van der Waals surface area contributed by atoms with E-state index in [1.807, 2.05) is 21.4 Å². The van der Waals surface area contributed by atoms with E-state index in [1.54, 1.807) is 17.0 Å². The Hall–Kier alpha value is -4.21. The molecule has 45 heavy (non-hydrogen) atoms. The van der Waals surface area contributed by atoms with Crippen LogP contribution in [0, 0.1) is 29.5 Å². The van der Waals surface area contributed by atoms with Crippen LogP contribution in [-0.2, 0) is 6.42 Å². The molecule has 3 aromatic heterocycles. The number of anilines is 3. The average molecular weight is 629 g/mol. The smallest absolute Gasteiger partial charge is 0.320 e. The highest BCUT2D eigenvalue weighted by molar-refractivity contribution is 7.16. The fourth-order valence-electron chi connectivity index (χ4n) is 7.10. The van der Waals surface area contributed by atoms with Crippen molar-refractivity contribution < 1.29 is 14.3 Å². The number of aryl methyl sites for hydroxylation is 2. The van der Waals surface area contributed by atoms with Crippen LogP contribution in [0.1, 0.15) is 42.5 Å². The van der Waals surface area contributed by atoms with Crippen LogP contribution >= 0.6 is 11.3 Å². The summed E-state index contributed by atoms with van der Waals surface area (Å²) in [5, 5.41) is 25.1. The number of halogens is 1. The SMILES string of the molecule is CCc1nn2c(C)cc(N3CCC4(CCN(C(=O)N5CC(O)C5)C4)CC3)cc2c1N(C)c1nc(-c2ccc(F)cc2)c(C#N)s1. The molecule has 234 valence electrons. The van der Waals surface area contributed by atoms with Gasteiger partial charge in [0.2, 0.25) is 0 Å². The standard InChI is InChI=1S/C33H37FN8O2S/c1-4-26-30(38(3)31-36-29(28(17-35)45-31)22-5-7-23(34)8-6-22)27-16-24(15-21(2)42(27)37-26)39-12-9-33(10-13-39)11-14-40(20-33)32(44)41-18-25(43)19-41/h5-8,15-16,25,43H,4,9-14,18-20H2,1-3H3. The molecule has 3 aliphatic heterocycles. The summed E-state index contributed by atoms with van der Waals surface area (Å²) in [6.45, 7) is 8.47. The first kappa shape index (κ1) is 29.5. The molecule has 4 aromatic rings. The van der Waals surface area contributed by atoms with Crippen molar-refractivity contribution in [3.63, 3.8) is 0 Å². The van der Waals surface area contributed by atoms with E-state index in [-0.39, 0.29) is 23.4 Å². The van der Waals surface area contributed by atoms with Crippen molar-refractivity contribution in [2.24, 2.45) is 5.41 Å². The third-order valence-electron chi connectivity index (χ3n) is 9.76. The number of aliphatic hydroxyl groups is 1. The van der Waals surface area contributed by atoms with Gasteiger partial charge in [-0.05, 0) is 74.4 Å². The van der Waals surface area contributed by atoms with Crippen molar-refractivity contribution in [1.82, 2.24) is 24.4 Å². The number of carbonyl (C=O) groups excluding carboxylic acids is 1. The number of aromatic nitrogens is 3. The summed E-state index contributed by atoms with van der Waals surface area (Å²) < 4.78 is 15.6. The molecule has 2 amide bonds. The first-order valence-electron chi connectivity index (χ1n) is 15.6. The van der Waals surface area contributed by atoms with E-state index >= 15 is 0 Å². The lowest BCUT2D eigenvalue weighted by atomic mass is 9.77. The number of carbonyl (C=O) groups is 1. The second-order valence-corrected chi connectivity index (χ2v) is 13.6. The van der Waals surface area contributed by atoms with Gasteiger partial charge in [0, 0.05) is 50.2 Å². The molecule has 1 N–H and O–H groups in total. The van der Waals surface area contributed by atoms with Crippen LogP contribution in [0.15, 0.2) is 36.4 Å². The van der Waals surface area contributed by atoms with Gasteiger partial charge in [0.15, 0.2) is 5.13 Å². The Labute approximate surface area is 265 Å². The van der Waals surface area contributed by atoms with Crippen LogP contribution in [0.3, 0.4) is 0 Å². The van der Waals surface area contributed by atoms with Gasteiger partial charge in [0.05, 0.1) is 36.1 Å². The van der Waals surface area contributed by atoms with Gasteiger partial charge >= 0.3 is 6.03 Å². The van der Waals surface area contributed by atoms with Crippen LogP contribution in [-0.4, -0.2) is 88.0 Å². The van der Waals surface area contributed by atoms with Crippen LogP contribution in [0.4, 0.5) is 25.7 Å². The normalized spacial score (nSPS) is 18.1. The Morgan fingerprint density at radius 3 is 2.53 bits per heavy atom. The highest BCUT2D eigenvalue weighted by atomic mass is 32.1. The number of urea groups is 1.